The molecule has 4 heteroatoms. The number of carbonyl (C=O) groups excluding carboxylic acids is 1. The SMILES string of the molecule is C/C=C1\CC2CC(=O)OC(/C=C/c3ccccc3)[C@@H](C)/C=C/[C@H](C)C[C@H]3CCCC(CC(C1)O2)O3. The van der Waals surface area contributed by atoms with Crippen LogP contribution in [-0.2, 0) is 19.0 Å². The predicted octanol–water partition coefficient (Wildman–Crippen LogP) is 7.06. The largest absolute Gasteiger partial charge is 0.457 e. The molecule has 4 nitrogen and oxygen atoms in total. The quantitative estimate of drug-likeness (QED) is 0.337. The van der Waals surface area contributed by atoms with Crippen LogP contribution in [0.2, 0.25) is 0 Å². The number of hydrogen-bond donors (Lipinski definition) is 0. The van der Waals surface area contributed by atoms with E-state index >= 15 is 0 Å². The Kier molecular flexibility index (Phi) is 9.39. The van der Waals surface area contributed by atoms with E-state index in [1.807, 2.05) is 30.4 Å². The summed E-state index contributed by atoms with van der Waals surface area (Å²) in [5, 5.41) is 0. The second-order valence-corrected chi connectivity index (χ2v) is 10.7. The van der Waals surface area contributed by atoms with Crippen LogP contribution in [0.5, 0.6) is 0 Å². The molecule has 0 saturated carbocycles. The van der Waals surface area contributed by atoms with Crippen LogP contribution in [-0.4, -0.2) is 36.5 Å². The second-order valence-electron chi connectivity index (χ2n) is 10.7. The van der Waals surface area contributed by atoms with E-state index in [1.165, 1.54) is 12.0 Å². The van der Waals surface area contributed by atoms with E-state index in [4.69, 9.17) is 14.2 Å². The van der Waals surface area contributed by atoms with E-state index in [1.54, 1.807) is 0 Å². The molecule has 2 fully saturated rings. The van der Waals surface area contributed by atoms with Crippen molar-refractivity contribution in [1.82, 2.24) is 0 Å². The Morgan fingerprint density at radius 3 is 2.34 bits per heavy atom. The molecule has 4 unspecified atom stereocenters. The molecule has 0 spiro atoms. The molecule has 3 aliphatic rings. The average Bonchev–Trinajstić information content (AvgIpc) is 2.85. The number of fused-ring (bicyclic) bond motifs is 4. The number of allylic oxidation sites excluding steroid dienone is 2. The summed E-state index contributed by atoms with van der Waals surface area (Å²) in [6.07, 6.45) is 18.3. The minimum atomic E-state index is -0.324. The van der Waals surface area contributed by atoms with Crippen molar-refractivity contribution in [2.24, 2.45) is 11.8 Å². The van der Waals surface area contributed by atoms with Crippen molar-refractivity contribution in [2.45, 2.75) is 103 Å². The molecule has 1 aromatic carbocycles. The Balaban J connectivity index is 1.55. The van der Waals surface area contributed by atoms with Crippen molar-refractivity contribution in [1.29, 1.82) is 0 Å². The lowest BCUT2D eigenvalue weighted by Crippen LogP contribution is -2.37. The number of benzene rings is 1. The summed E-state index contributed by atoms with van der Waals surface area (Å²) in [6, 6.07) is 10.2. The molecule has 0 aromatic heterocycles. The summed E-state index contributed by atoms with van der Waals surface area (Å²) in [5.41, 5.74) is 2.47. The standard InChI is InChI=1S/C31H42O4/c1-4-24-18-28-20-27-12-8-11-26(33-27)17-22(2)13-14-23(3)30(16-15-25-9-6-5-7-10-25)35-31(32)21-29(19-24)34-28/h4-7,9-10,13-16,22-23,26-30H,8,11-12,17-21H2,1-3H3/b14-13+,16-15+,24-4-/t22-,23-,26+,27?,28?,29?,30?/m0/s1. The van der Waals surface area contributed by atoms with Gasteiger partial charge in [-0.25, -0.2) is 0 Å². The van der Waals surface area contributed by atoms with Gasteiger partial charge < -0.3 is 14.2 Å². The fourth-order valence-corrected chi connectivity index (χ4v) is 5.60. The van der Waals surface area contributed by atoms with Gasteiger partial charge in [-0.15, -0.1) is 0 Å². The Morgan fingerprint density at radius 2 is 1.57 bits per heavy atom. The fraction of sp³-hybridized carbons (Fsp3) is 0.581. The molecule has 1 aromatic rings. The number of carbonyl (C=O) groups is 1. The van der Waals surface area contributed by atoms with Gasteiger partial charge >= 0.3 is 5.97 Å². The van der Waals surface area contributed by atoms with Gasteiger partial charge in [-0.05, 0) is 63.0 Å². The summed E-state index contributed by atoms with van der Waals surface area (Å²) in [6.45, 7) is 6.47. The van der Waals surface area contributed by atoms with E-state index in [0.29, 0.717) is 12.0 Å². The molecular formula is C31H42O4. The third-order valence-electron chi connectivity index (χ3n) is 7.57. The minimum absolute atomic E-state index is 0.0698. The molecule has 4 rings (SSSR count). The van der Waals surface area contributed by atoms with Crippen molar-refractivity contribution in [2.75, 3.05) is 0 Å². The molecule has 3 aliphatic heterocycles. The highest BCUT2D eigenvalue weighted by Crippen LogP contribution is 2.33. The van der Waals surface area contributed by atoms with Crippen LogP contribution in [0, 0.1) is 11.8 Å². The van der Waals surface area contributed by atoms with Crippen LogP contribution < -0.4 is 0 Å². The van der Waals surface area contributed by atoms with E-state index in [2.05, 4.69) is 51.1 Å². The maximum atomic E-state index is 13.1. The number of hydrogen-bond acceptors (Lipinski definition) is 4. The smallest absolute Gasteiger partial charge is 0.309 e. The van der Waals surface area contributed by atoms with Crippen LogP contribution in [0.25, 0.3) is 6.08 Å². The first-order valence-electron chi connectivity index (χ1n) is 13.5. The highest BCUT2D eigenvalue weighted by molar-refractivity contribution is 5.70. The summed E-state index contributed by atoms with van der Waals surface area (Å²) in [4.78, 5) is 13.1. The van der Waals surface area contributed by atoms with Crippen LogP contribution in [0.15, 0.2) is 60.2 Å². The Hall–Kier alpha value is -2.17. The van der Waals surface area contributed by atoms with Gasteiger partial charge in [0, 0.05) is 12.3 Å². The number of ether oxygens (including phenoxy) is 3. The van der Waals surface area contributed by atoms with Crippen molar-refractivity contribution in [3.63, 3.8) is 0 Å². The molecule has 0 radical (unpaired) electrons. The van der Waals surface area contributed by atoms with Gasteiger partial charge in [0.15, 0.2) is 0 Å². The third-order valence-corrected chi connectivity index (χ3v) is 7.57. The zero-order valence-corrected chi connectivity index (χ0v) is 21.6. The van der Waals surface area contributed by atoms with Crippen molar-refractivity contribution >= 4 is 12.0 Å². The zero-order valence-electron chi connectivity index (χ0n) is 21.6. The number of esters is 1. The van der Waals surface area contributed by atoms with Gasteiger partial charge in [-0.3, -0.25) is 4.79 Å². The second kappa shape index (κ2) is 12.7. The van der Waals surface area contributed by atoms with Crippen LogP contribution >= 0.6 is 0 Å². The third kappa shape index (κ3) is 7.91. The summed E-state index contributed by atoms with van der Waals surface area (Å²) < 4.78 is 19.0. The molecule has 0 aliphatic carbocycles. The Morgan fingerprint density at radius 1 is 0.857 bits per heavy atom. The minimum Gasteiger partial charge on any atom is -0.457 e. The predicted molar refractivity (Wildman–Crippen MR) is 141 cm³/mol. The van der Waals surface area contributed by atoms with Gasteiger partial charge in [0.25, 0.3) is 0 Å². The maximum absolute atomic E-state index is 13.1. The van der Waals surface area contributed by atoms with E-state index in [0.717, 1.165) is 44.1 Å². The topological polar surface area (TPSA) is 44.8 Å². The van der Waals surface area contributed by atoms with Gasteiger partial charge in [-0.2, -0.15) is 0 Å². The molecule has 2 saturated heterocycles. The van der Waals surface area contributed by atoms with Crippen molar-refractivity contribution in [3.05, 3.63) is 65.8 Å². The first kappa shape index (κ1) is 25.9. The highest BCUT2D eigenvalue weighted by Gasteiger charge is 2.32. The highest BCUT2D eigenvalue weighted by atomic mass is 16.5. The lowest BCUT2D eigenvalue weighted by Gasteiger charge is -2.37. The molecule has 3 heterocycles. The van der Waals surface area contributed by atoms with Crippen molar-refractivity contribution < 1.29 is 19.0 Å². The summed E-state index contributed by atoms with van der Waals surface area (Å²) >= 11 is 0. The summed E-state index contributed by atoms with van der Waals surface area (Å²) in [7, 11) is 0. The van der Waals surface area contributed by atoms with E-state index < -0.39 is 0 Å². The molecule has 7 atom stereocenters. The molecule has 0 N–H and O–H groups in total. The average molecular weight is 479 g/mol. The summed E-state index contributed by atoms with van der Waals surface area (Å²) in [5.74, 6) is 0.289. The molecule has 35 heavy (non-hydrogen) atoms. The van der Waals surface area contributed by atoms with Gasteiger partial charge in [0.05, 0.1) is 30.8 Å². The van der Waals surface area contributed by atoms with Crippen LogP contribution in [0.3, 0.4) is 0 Å². The lowest BCUT2D eigenvalue weighted by molar-refractivity contribution is -0.154. The van der Waals surface area contributed by atoms with Crippen molar-refractivity contribution in [3.8, 4) is 0 Å². The molecule has 0 amide bonds. The van der Waals surface area contributed by atoms with E-state index in [-0.39, 0.29) is 42.7 Å². The Labute approximate surface area is 211 Å². The Bertz CT molecular complexity index is 902. The number of rotatable bonds is 2. The van der Waals surface area contributed by atoms with Gasteiger partial charge in [0.2, 0.25) is 0 Å². The molecule has 4 bridgehead atoms. The fourth-order valence-electron chi connectivity index (χ4n) is 5.60. The van der Waals surface area contributed by atoms with Crippen LogP contribution in [0.4, 0.5) is 0 Å². The molecule has 190 valence electrons. The van der Waals surface area contributed by atoms with Gasteiger partial charge in [0.1, 0.15) is 6.10 Å². The normalized spacial score (nSPS) is 37.2. The van der Waals surface area contributed by atoms with Crippen LogP contribution in [0.1, 0.15) is 77.7 Å². The van der Waals surface area contributed by atoms with Gasteiger partial charge in [-0.1, -0.05) is 74.1 Å². The number of cyclic esters (lactones) is 1. The lowest BCUT2D eigenvalue weighted by atomic mass is 9.90. The first-order valence-corrected chi connectivity index (χ1v) is 13.5. The first-order chi connectivity index (χ1) is 17.0. The monoisotopic (exact) mass is 478 g/mol. The molecular weight excluding hydrogens is 436 g/mol. The van der Waals surface area contributed by atoms with E-state index in [9.17, 15) is 4.79 Å². The maximum Gasteiger partial charge on any atom is 0.309 e. The zero-order chi connectivity index (χ0) is 24.6.